The van der Waals surface area contributed by atoms with Crippen LogP contribution >= 0.6 is 0 Å². The predicted molar refractivity (Wildman–Crippen MR) is 65.5 cm³/mol. The summed E-state index contributed by atoms with van der Waals surface area (Å²) in [6.07, 6.45) is 3.88. The van der Waals surface area contributed by atoms with E-state index in [0.717, 1.165) is 24.0 Å². The zero-order valence-corrected chi connectivity index (χ0v) is 10.7. The van der Waals surface area contributed by atoms with Crippen LogP contribution in [0, 0.1) is 17.3 Å². The molecule has 3 nitrogen and oxygen atoms in total. The van der Waals surface area contributed by atoms with Gasteiger partial charge in [-0.15, -0.1) is 0 Å². The number of aliphatic carboxylic acids is 1. The van der Waals surface area contributed by atoms with Crippen LogP contribution in [-0.4, -0.2) is 22.8 Å². The summed E-state index contributed by atoms with van der Waals surface area (Å²) >= 11 is 0. The highest BCUT2D eigenvalue weighted by Gasteiger charge is 2.43. The number of aliphatic hydroxyl groups is 1. The van der Waals surface area contributed by atoms with Gasteiger partial charge < -0.3 is 10.2 Å². The summed E-state index contributed by atoms with van der Waals surface area (Å²) in [6, 6.07) is 0. The van der Waals surface area contributed by atoms with Gasteiger partial charge in [-0.3, -0.25) is 0 Å². The molecular formula is C14H20O3. The minimum atomic E-state index is -0.795. The summed E-state index contributed by atoms with van der Waals surface area (Å²) in [5.74, 6) is 0.00289. The molecule has 2 atom stereocenters. The molecule has 0 saturated heterocycles. The van der Waals surface area contributed by atoms with Gasteiger partial charge in [-0.2, -0.15) is 0 Å². The number of carboxylic acid groups (broad SMARTS) is 1. The lowest BCUT2D eigenvalue weighted by Crippen LogP contribution is -2.31. The lowest BCUT2D eigenvalue weighted by molar-refractivity contribution is -0.133. The molecule has 0 heterocycles. The van der Waals surface area contributed by atoms with Crippen LogP contribution in [0.3, 0.4) is 0 Å². The van der Waals surface area contributed by atoms with E-state index in [1.807, 2.05) is 20.8 Å². The largest absolute Gasteiger partial charge is 0.478 e. The summed E-state index contributed by atoms with van der Waals surface area (Å²) in [5.41, 5.74) is 2.38. The highest BCUT2D eigenvalue weighted by Crippen LogP contribution is 2.52. The van der Waals surface area contributed by atoms with Gasteiger partial charge in [0.1, 0.15) is 0 Å². The zero-order chi connectivity index (χ0) is 12.8. The van der Waals surface area contributed by atoms with E-state index in [2.05, 4.69) is 6.08 Å². The van der Waals surface area contributed by atoms with Gasteiger partial charge >= 0.3 is 5.97 Å². The number of allylic oxidation sites excluding steroid dienone is 2. The normalized spacial score (nSPS) is 30.5. The maximum atomic E-state index is 11.4. The van der Waals surface area contributed by atoms with Gasteiger partial charge in [0.15, 0.2) is 0 Å². The highest BCUT2D eigenvalue weighted by molar-refractivity contribution is 5.89. The smallest absolute Gasteiger partial charge is 0.332 e. The first kappa shape index (κ1) is 12.4. The Balaban J connectivity index is 2.34. The van der Waals surface area contributed by atoms with Crippen molar-refractivity contribution in [2.24, 2.45) is 17.3 Å². The van der Waals surface area contributed by atoms with E-state index in [-0.39, 0.29) is 17.9 Å². The summed E-state index contributed by atoms with van der Waals surface area (Å²) in [4.78, 5) is 11.4. The predicted octanol–water partition coefficient (Wildman–Crippen LogP) is 2.37. The van der Waals surface area contributed by atoms with Gasteiger partial charge in [-0.05, 0) is 29.7 Å². The average Bonchev–Trinajstić information content (AvgIpc) is 2.49. The molecule has 17 heavy (non-hydrogen) atoms. The molecular weight excluding hydrogens is 216 g/mol. The molecule has 94 valence electrons. The molecule has 0 unspecified atom stereocenters. The molecule has 0 bridgehead atoms. The Morgan fingerprint density at radius 2 is 2.06 bits per heavy atom. The number of carboxylic acids is 1. The molecule has 0 amide bonds. The highest BCUT2D eigenvalue weighted by atomic mass is 16.4. The molecule has 0 aliphatic heterocycles. The Hall–Kier alpha value is -1.09. The summed E-state index contributed by atoms with van der Waals surface area (Å²) in [5, 5.41) is 18.5. The van der Waals surface area contributed by atoms with E-state index in [1.54, 1.807) is 0 Å². The lowest BCUT2D eigenvalue weighted by atomic mass is 9.65. The maximum absolute atomic E-state index is 11.4. The van der Waals surface area contributed by atoms with Crippen LogP contribution in [0.5, 0.6) is 0 Å². The number of hydrogen-bond acceptors (Lipinski definition) is 2. The fraction of sp³-hybridized carbons (Fsp3) is 0.643. The molecule has 0 radical (unpaired) electrons. The Kier molecular flexibility index (Phi) is 2.90. The second-order valence-corrected chi connectivity index (χ2v) is 6.13. The molecule has 2 rings (SSSR count). The minimum absolute atomic E-state index is 0.109. The topological polar surface area (TPSA) is 57.5 Å². The van der Waals surface area contributed by atoms with Crippen molar-refractivity contribution >= 4 is 5.97 Å². The first-order valence-electron chi connectivity index (χ1n) is 6.12. The second-order valence-electron chi connectivity index (χ2n) is 6.13. The van der Waals surface area contributed by atoms with E-state index in [1.165, 1.54) is 0 Å². The first-order valence-corrected chi connectivity index (χ1v) is 6.12. The average molecular weight is 236 g/mol. The second kappa shape index (κ2) is 3.98. The number of hydrogen-bond donors (Lipinski definition) is 2. The van der Waals surface area contributed by atoms with Gasteiger partial charge in [-0.25, -0.2) is 4.79 Å². The summed E-state index contributed by atoms with van der Waals surface area (Å²) in [7, 11) is 0. The van der Waals surface area contributed by atoms with Gasteiger partial charge in [0.2, 0.25) is 0 Å². The van der Waals surface area contributed by atoms with Crippen molar-refractivity contribution in [3.63, 3.8) is 0 Å². The van der Waals surface area contributed by atoms with Gasteiger partial charge in [0.05, 0.1) is 6.61 Å². The monoisotopic (exact) mass is 236 g/mol. The van der Waals surface area contributed by atoms with Crippen LogP contribution in [0.1, 0.15) is 33.6 Å². The van der Waals surface area contributed by atoms with Crippen molar-refractivity contribution in [1.29, 1.82) is 0 Å². The van der Waals surface area contributed by atoms with Crippen LogP contribution < -0.4 is 0 Å². The third-order valence-corrected chi connectivity index (χ3v) is 3.82. The van der Waals surface area contributed by atoms with Crippen molar-refractivity contribution in [2.45, 2.75) is 33.6 Å². The van der Waals surface area contributed by atoms with Crippen LogP contribution in [0.25, 0.3) is 0 Å². The van der Waals surface area contributed by atoms with Gasteiger partial charge in [0.25, 0.3) is 0 Å². The lowest BCUT2D eigenvalue weighted by Gasteiger charge is -2.38. The summed E-state index contributed by atoms with van der Waals surface area (Å²) in [6.45, 7) is 5.95. The number of fused-ring (bicyclic) bond motifs is 1. The Morgan fingerprint density at radius 1 is 1.41 bits per heavy atom. The van der Waals surface area contributed by atoms with Crippen molar-refractivity contribution in [3.05, 3.63) is 22.8 Å². The number of rotatable bonds is 2. The van der Waals surface area contributed by atoms with Crippen LogP contribution in [0.2, 0.25) is 0 Å². The van der Waals surface area contributed by atoms with Crippen LogP contribution in [0.4, 0.5) is 0 Å². The summed E-state index contributed by atoms with van der Waals surface area (Å²) < 4.78 is 0. The Bertz CT molecular complexity index is 410. The van der Waals surface area contributed by atoms with Crippen molar-refractivity contribution in [2.75, 3.05) is 6.61 Å². The molecule has 1 saturated carbocycles. The Morgan fingerprint density at radius 3 is 2.53 bits per heavy atom. The maximum Gasteiger partial charge on any atom is 0.332 e. The standard InChI is InChI=1S/C14H20O3/c1-14(2,3)12(13(16)17)11-6-9-4-8(7-15)5-10(9)11/h5,9-10,15H,4,6-7H2,1-3H3,(H,16,17)/b12-11-/t9-,10-/m0/s1. The van der Waals surface area contributed by atoms with E-state index in [4.69, 9.17) is 5.11 Å². The van der Waals surface area contributed by atoms with E-state index < -0.39 is 5.97 Å². The third-order valence-electron chi connectivity index (χ3n) is 3.82. The minimum Gasteiger partial charge on any atom is -0.478 e. The fourth-order valence-corrected chi connectivity index (χ4v) is 3.09. The van der Waals surface area contributed by atoms with Gasteiger partial charge in [0, 0.05) is 11.5 Å². The molecule has 3 heteroatoms. The molecule has 2 aliphatic carbocycles. The quantitative estimate of drug-likeness (QED) is 0.571. The van der Waals surface area contributed by atoms with Crippen LogP contribution in [-0.2, 0) is 4.79 Å². The van der Waals surface area contributed by atoms with Crippen molar-refractivity contribution < 1.29 is 15.0 Å². The van der Waals surface area contributed by atoms with E-state index in [0.29, 0.717) is 11.5 Å². The van der Waals surface area contributed by atoms with Crippen molar-refractivity contribution in [3.8, 4) is 0 Å². The molecule has 2 N–H and O–H groups in total. The Labute approximate surface area is 102 Å². The first-order chi connectivity index (χ1) is 7.84. The van der Waals surface area contributed by atoms with Crippen LogP contribution in [0.15, 0.2) is 22.8 Å². The number of carbonyl (C=O) groups is 1. The van der Waals surface area contributed by atoms with Crippen molar-refractivity contribution in [1.82, 2.24) is 0 Å². The molecule has 0 aromatic carbocycles. The zero-order valence-electron chi connectivity index (χ0n) is 10.7. The molecule has 0 aromatic rings. The third kappa shape index (κ3) is 2.04. The van der Waals surface area contributed by atoms with Gasteiger partial charge in [-0.1, -0.05) is 32.4 Å². The molecule has 0 spiro atoms. The fourth-order valence-electron chi connectivity index (χ4n) is 3.09. The van der Waals surface area contributed by atoms with E-state index >= 15 is 0 Å². The molecule has 1 fully saturated rings. The number of aliphatic hydroxyl groups excluding tert-OH is 1. The molecule has 0 aromatic heterocycles. The molecule has 2 aliphatic rings. The SMILES string of the molecule is CC(C)(C)/C(C(=O)O)=C1/C[C@@H]2CC(CO)=C[C@H]12. The van der Waals surface area contributed by atoms with E-state index in [9.17, 15) is 9.90 Å².